The van der Waals surface area contributed by atoms with E-state index in [9.17, 15) is 4.79 Å². The van der Waals surface area contributed by atoms with Gasteiger partial charge in [0.2, 0.25) is 10.8 Å². The second-order valence-corrected chi connectivity index (χ2v) is 8.23. The lowest BCUT2D eigenvalue weighted by atomic mass is 10.00. The summed E-state index contributed by atoms with van der Waals surface area (Å²) in [6.07, 6.45) is 1.02. The highest BCUT2D eigenvalue weighted by Gasteiger charge is 2.25. The minimum atomic E-state index is -0.264. The Labute approximate surface area is 160 Å². The summed E-state index contributed by atoms with van der Waals surface area (Å²) in [5.41, 5.74) is 5.17. The molecule has 3 rings (SSSR count). The third-order valence-electron chi connectivity index (χ3n) is 4.22. The van der Waals surface area contributed by atoms with Crippen LogP contribution in [0.4, 0.5) is 0 Å². The number of esters is 1. The average molecular weight is 393 g/mol. The molecule has 0 amide bonds. The molecule has 0 radical (unpaired) electrons. The number of rotatable bonds is 8. The van der Waals surface area contributed by atoms with Crippen LogP contribution in [0.1, 0.15) is 37.7 Å². The van der Waals surface area contributed by atoms with Gasteiger partial charge < -0.3 is 10.5 Å². The van der Waals surface area contributed by atoms with Gasteiger partial charge in [0.15, 0.2) is 4.34 Å². The number of hydrogen-bond acceptors (Lipinski definition) is 7. The van der Waals surface area contributed by atoms with E-state index in [1.54, 1.807) is 4.52 Å². The van der Waals surface area contributed by atoms with Gasteiger partial charge in [0, 0.05) is 5.92 Å². The SMILES string of the molecule is CC[C@H](C)[C@H]([NH3+])c1nnc2sc(SCC(=O)OCc3ccccc3)nn12. The lowest BCUT2D eigenvalue weighted by molar-refractivity contribution is -0.441. The third-order valence-corrected chi connectivity index (χ3v) is 6.22. The Balaban J connectivity index is 1.57. The zero-order valence-corrected chi connectivity index (χ0v) is 16.4. The van der Waals surface area contributed by atoms with E-state index in [1.807, 2.05) is 30.3 Å². The third kappa shape index (κ3) is 4.40. The minimum absolute atomic E-state index is 0.0331. The first-order valence-electron chi connectivity index (χ1n) is 8.46. The van der Waals surface area contributed by atoms with Crippen molar-refractivity contribution < 1.29 is 15.3 Å². The normalized spacial score (nSPS) is 13.7. The molecule has 0 unspecified atom stereocenters. The molecule has 2 heterocycles. The summed E-state index contributed by atoms with van der Waals surface area (Å²) in [6.45, 7) is 4.56. The van der Waals surface area contributed by atoms with Crippen molar-refractivity contribution in [3.05, 3.63) is 41.7 Å². The van der Waals surface area contributed by atoms with Crippen molar-refractivity contribution in [3.63, 3.8) is 0 Å². The predicted molar refractivity (Wildman–Crippen MR) is 101 cm³/mol. The van der Waals surface area contributed by atoms with Gasteiger partial charge in [-0.2, -0.15) is 4.52 Å². The van der Waals surface area contributed by atoms with Crippen LogP contribution in [-0.2, 0) is 16.1 Å². The van der Waals surface area contributed by atoms with Crippen LogP contribution in [0.5, 0.6) is 0 Å². The van der Waals surface area contributed by atoms with Crippen molar-refractivity contribution >= 4 is 34.0 Å². The number of nitrogens with zero attached hydrogens (tertiary/aromatic N) is 4. The maximum absolute atomic E-state index is 11.9. The molecule has 2 atom stereocenters. The van der Waals surface area contributed by atoms with Crippen molar-refractivity contribution in [1.82, 2.24) is 19.8 Å². The number of ether oxygens (including phenoxy) is 1. The summed E-state index contributed by atoms with van der Waals surface area (Å²) in [6, 6.07) is 9.66. The molecule has 0 aliphatic rings. The topological polar surface area (TPSA) is 97.0 Å². The van der Waals surface area contributed by atoms with Crippen molar-refractivity contribution in [2.45, 2.75) is 37.3 Å². The molecule has 7 nitrogen and oxygen atoms in total. The first-order valence-corrected chi connectivity index (χ1v) is 10.3. The summed E-state index contributed by atoms with van der Waals surface area (Å²) in [7, 11) is 0. The molecule has 3 aromatic rings. The molecule has 138 valence electrons. The van der Waals surface area contributed by atoms with Crippen LogP contribution in [-0.4, -0.2) is 31.5 Å². The molecule has 0 aliphatic heterocycles. The Morgan fingerprint density at radius 1 is 1.35 bits per heavy atom. The number of benzene rings is 1. The average Bonchev–Trinajstić information content (AvgIpc) is 3.24. The molecule has 0 spiro atoms. The number of hydrogen-bond donors (Lipinski definition) is 1. The molecule has 0 saturated heterocycles. The van der Waals surface area contributed by atoms with Crippen LogP contribution in [0.25, 0.3) is 4.96 Å². The molecular weight excluding hydrogens is 370 g/mol. The number of aromatic nitrogens is 4. The highest BCUT2D eigenvalue weighted by atomic mass is 32.2. The van der Waals surface area contributed by atoms with Crippen molar-refractivity contribution in [2.75, 3.05) is 5.75 Å². The van der Waals surface area contributed by atoms with Gasteiger partial charge >= 0.3 is 5.97 Å². The molecule has 0 bridgehead atoms. The van der Waals surface area contributed by atoms with Gasteiger partial charge in [-0.05, 0) is 12.0 Å². The van der Waals surface area contributed by atoms with E-state index in [1.165, 1.54) is 23.1 Å². The molecule has 2 aromatic heterocycles. The van der Waals surface area contributed by atoms with Gasteiger partial charge in [-0.15, -0.1) is 15.3 Å². The van der Waals surface area contributed by atoms with Crippen molar-refractivity contribution in [3.8, 4) is 0 Å². The fourth-order valence-electron chi connectivity index (χ4n) is 2.34. The Bertz CT molecular complexity index is 865. The molecular formula is C17H22N5O2S2+. The summed E-state index contributed by atoms with van der Waals surface area (Å²) < 4.78 is 7.80. The van der Waals surface area contributed by atoms with Gasteiger partial charge in [-0.25, -0.2) is 0 Å². The van der Waals surface area contributed by atoms with Gasteiger partial charge in [-0.1, -0.05) is 67.3 Å². The maximum atomic E-state index is 11.9. The fourth-order valence-corrected chi connectivity index (χ4v) is 4.02. The van der Waals surface area contributed by atoms with E-state index in [4.69, 9.17) is 4.74 Å². The zero-order chi connectivity index (χ0) is 18.5. The van der Waals surface area contributed by atoms with Crippen molar-refractivity contribution in [1.29, 1.82) is 0 Å². The molecule has 0 aliphatic carbocycles. The standard InChI is InChI=1S/C17H21N5O2S2/c1-3-11(2)14(18)15-19-20-16-22(15)21-17(26-16)25-10-13(23)24-9-12-7-5-4-6-8-12/h4-8,11,14H,3,9-10,18H2,1-2H3/p+1/t11-,14-/m0/s1. The number of thioether (sulfide) groups is 1. The van der Waals surface area contributed by atoms with Gasteiger partial charge in [0.1, 0.15) is 12.6 Å². The number of carbonyl (C=O) groups is 1. The quantitative estimate of drug-likeness (QED) is 0.467. The van der Waals surface area contributed by atoms with E-state index in [0.717, 1.165) is 27.1 Å². The lowest BCUT2D eigenvalue weighted by Gasteiger charge is -2.11. The number of fused-ring (bicyclic) bond motifs is 1. The van der Waals surface area contributed by atoms with E-state index < -0.39 is 0 Å². The summed E-state index contributed by atoms with van der Waals surface area (Å²) in [4.78, 5) is 12.7. The summed E-state index contributed by atoms with van der Waals surface area (Å²) in [5.74, 6) is 1.11. The van der Waals surface area contributed by atoms with Crippen LogP contribution < -0.4 is 5.73 Å². The van der Waals surface area contributed by atoms with Gasteiger partial charge in [0.05, 0.1) is 5.75 Å². The Kier molecular flexibility index (Phi) is 6.23. The monoisotopic (exact) mass is 392 g/mol. The molecule has 0 fully saturated rings. The van der Waals surface area contributed by atoms with Crippen LogP contribution in [0, 0.1) is 5.92 Å². The molecule has 0 saturated carbocycles. The fraction of sp³-hybridized carbons (Fsp3) is 0.412. The predicted octanol–water partition coefficient (Wildman–Crippen LogP) is 2.35. The second kappa shape index (κ2) is 8.61. The Hall–Kier alpha value is -1.97. The summed E-state index contributed by atoms with van der Waals surface area (Å²) >= 11 is 2.77. The van der Waals surface area contributed by atoms with Crippen molar-refractivity contribution in [2.24, 2.45) is 5.92 Å². The maximum Gasteiger partial charge on any atom is 0.316 e. The largest absolute Gasteiger partial charge is 0.460 e. The molecule has 3 N–H and O–H groups in total. The zero-order valence-electron chi connectivity index (χ0n) is 14.8. The second-order valence-electron chi connectivity index (χ2n) is 6.05. The first-order chi connectivity index (χ1) is 12.6. The smallest absolute Gasteiger partial charge is 0.316 e. The molecule has 9 heteroatoms. The highest BCUT2D eigenvalue weighted by molar-refractivity contribution is 8.01. The first kappa shape index (κ1) is 18.8. The van der Waals surface area contributed by atoms with Gasteiger partial charge in [-0.3, -0.25) is 4.79 Å². The van der Waals surface area contributed by atoms with Crippen LogP contribution in [0.3, 0.4) is 0 Å². The van der Waals surface area contributed by atoms with Gasteiger partial charge in [0.25, 0.3) is 0 Å². The molecule has 1 aromatic carbocycles. The minimum Gasteiger partial charge on any atom is -0.460 e. The molecule has 26 heavy (non-hydrogen) atoms. The number of quaternary nitrogens is 1. The van der Waals surface area contributed by atoms with E-state index in [-0.39, 0.29) is 24.4 Å². The number of carbonyl (C=O) groups excluding carboxylic acids is 1. The lowest BCUT2D eigenvalue weighted by Crippen LogP contribution is -2.57. The summed E-state index contributed by atoms with van der Waals surface area (Å²) in [5, 5.41) is 12.9. The van der Waals surface area contributed by atoms with E-state index in [0.29, 0.717) is 5.92 Å². The van der Waals surface area contributed by atoms with Crippen LogP contribution in [0.15, 0.2) is 34.7 Å². The Morgan fingerprint density at radius 3 is 2.85 bits per heavy atom. The van der Waals surface area contributed by atoms with Crippen LogP contribution >= 0.6 is 23.1 Å². The van der Waals surface area contributed by atoms with E-state index in [2.05, 4.69) is 34.9 Å². The van der Waals surface area contributed by atoms with Crippen LogP contribution in [0.2, 0.25) is 0 Å². The Morgan fingerprint density at radius 2 is 2.12 bits per heavy atom. The van der Waals surface area contributed by atoms with E-state index >= 15 is 0 Å². The highest BCUT2D eigenvalue weighted by Crippen LogP contribution is 2.27.